The summed E-state index contributed by atoms with van der Waals surface area (Å²) in [5.41, 5.74) is 2.27. The fourth-order valence-corrected chi connectivity index (χ4v) is 5.74. The SMILES string of the molecule is CCCCCC(C(=O)NCNC(=O)c1ccc(-c2cc(OCc3ccccc3)cc(O[PH](=O)O)c2)o1)C(CC)N(C=O)OCc1ccccc1. The van der Waals surface area contributed by atoms with Crippen LogP contribution in [0, 0.1) is 5.92 Å². The highest BCUT2D eigenvalue weighted by Crippen LogP contribution is 2.34. The molecule has 0 fully saturated rings. The van der Waals surface area contributed by atoms with E-state index in [1.165, 1.54) is 23.3 Å². The first-order valence-corrected chi connectivity index (χ1v) is 17.9. The first-order valence-electron chi connectivity index (χ1n) is 16.6. The molecule has 0 spiro atoms. The maximum atomic E-state index is 13.5. The Morgan fingerprint density at radius 2 is 1.58 bits per heavy atom. The summed E-state index contributed by atoms with van der Waals surface area (Å²) in [6, 6.07) is 26.2. The van der Waals surface area contributed by atoms with Crippen molar-refractivity contribution in [2.45, 2.75) is 65.2 Å². The lowest BCUT2D eigenvalue weighted by atomic mass is 9.90. The van der Waals surface area contributed by atoms with Crippen LogP contribution in [-0.4, -0.2) is 40.9 Å². The molecular formula is C37H44N3O9P. The third-order valence-corrected chi connectivity index (χ3v) is 8.36. The van der Waals surface area contributed by atoms with Crippen LogP contribution in [0.25, 0.3) is 11.3 Å². The van der Waals surface area contributed by atoms with Gasteiger partial charge >= 0.3 is 8.25 Å². The van der Waals surface area contributed by atoms with Gasteiger partial charge in [-0.15, -0.1) is 0 Å². The second-order valence-corrected chi connectivity index (χ2v) is 12.3. The maximum Gasteiger partial charge on any atom is 0.365 e. The van der Waals surface area contributed by atoms with Gasteiger partial charge in [0.1, 0.15) is 30.5 Å². The summed E-state index contributed by atoms with van der Waals surface area (Å²) in [6.07, 6.45) is 4.32. The van der Waals surface area contributed by atoms with Crippen molar-refractivity contribution in [3.8, 4) is 22.8 Å². The minimum absolute atomic E-state index is 0.0181. The Kier molecular flexibility index (Phi) is 15.1. The smallest absolute Gasteiger partial charge is 0.365 e. The van der Waals surface area contributed by atoms with E-state index in [0.717, 1.165) is 30.4 Å². The summed E-state index contributed by atoms with van der Waals surface area (Å²) in [4.78, 5) is 53.8. The molecule has 0 aliphatic carbocycles. The van der Waals surface area contributed by atoms with E-state index in [1.807, 2.05) is 67.6 Å². The van der Waals surface area contributed by atoms with E-state index >= 15 is 0 Å². The van der Waals surface area contributed by atoms with E-state index < -0.39 is 26.1 Å². The summed E-state index contributed by atoms with van der Waals surface area (Å²) >= 11 is 0. The molecule has 3 unspecified atom stereocenters. The largest absolute Gasteiger partial charge is 0.489 e. The van der Waals surface area contributed by atoms with Gasteiger partial charge in [-0.3, -0.25) is 19.2 Å². The maximum absolute atomic E-state index is 13.5. The van der Waals surface area contributed by atoms with Crippen LogP contribution in [0.1, 0.15) is 67.6 Å². The van der Waals surface area contributed by atoms with Crippen molar-refractivity contribution in [1.29, 1.82) is 0 Å². The molecule has 0 saturated heterocycles. The van der Waals surface area contributed by atoms with Gasteiger partial charge in [-0.2, -0.15) is 0 Å². The second kappa shape index (κ2) is 19.9. The van der Waals surface area contributed by atoms with Crippen molar-refractivity contribution in [3.63, 3.8) is 0 Å². The van der Waals surface area contributed by atoms with Gasteiger partial charge in [-0.25, -0.2) is 9.63 Å². The standard InChI is InChI=1S/C37H44N3O9P/c1-3-5-8-17-32(33(4-2)40(26-41)47-24-28-15-11-7-12-16-28)36(42)38-25-39-37(43)35-19-18-34(48-35)29-20-30(22-31(21-29)49-50(44)45)46-23-27-13-9-6-10-14-27/h6-7,9-16,18-22,26,32-33,50H,3-5,8,17,23-25H2,1-2H3,(H,38,42)(H,39,43)(H,44,45). The molecule has 0 bridgehead atoms. The fourth-order valence-electron chi connectivity index (χ4n) is 5.42. The van der Waals surface area contributed by atoms with E-state index in [9.17, 15) is 23.8 Å². The van der Waals surface area contributed by atoms with Gasteiger partial charge in [0.2, 0.25) is 12.3 Å². The van der Waals surface area contributed by atoms with Crippen LogP contribution in [-0.2, 0) is 32.2 Å². The van der Waals surface area contributed by atoms with Gasteiger partial charge in [0.15, 0.2) is 5.76 Å². The predicted molar refractivity (Wildman–Crippen MR) is 188 cm³/mol. The summed E-state index contributed by atoms with van der Waals surface area (Å²) in [5.74, 6) is -0.714. The number of ether oxygens (including phenoxy) is 1. The number of furan rings is 1. The van der Waals surface area contributed by atoms with E-state index in [1.54, 1.807) is 12.1 Å². The van der Waals surface area contributed by atoms with Crippen molar-refractivity contribution in [3.05, 3.63) is 108 Å². The van der Waals surface area contributed by atoms with Crippen LogP contribution in [0.2, 0.25) is 0 Å². The number of nitrogens with zero attached hydrogens (tertiary/aromatic N) is 1. The zero-order valence-electron chi connectivity index (χ0n) is 28.2. The molecule has 0 aliphatic heterocycles. The van der Waals surface area contributed by atoms with Gasteiger partial charge < -0.3 is 29.2 Å². The number of nitrogens with one attached hydrogen (secondary N) is 2. The van der Waals surface area contributed by atoms with Crippen molar-refractivity contribution in [2.75, 3.05) is 6.67 Å². The van der Waals surface area contributed by atoms with Gasteiger partial charge in [0.25, 0.3) is 5.91 Å². The Morgan fingerprint density at radius 1 is 0.900 bits per heavy atom. The molecule has 12 nitrogen and oxygen atoms in total. The minimum atomic E-state index is -3.30. The molecule has 4 rings (SSSR count). The summed E-state index contributed by atoms with van der Waals surface area (Å²) in [6.45, 7) is 4.23. The first kappa shape index (κ1) is 37.9. The number of unbranched alkanes of at least 4 members (excludes halogenated alkanes) is 2. The Labute approximate surface area is 292 Å². The number of rotatable bonds is 21. The third-order valence-electron chi connectivity index (χ3n) is 7.95. The lowest BCUT2D eigenvalue weighted by Crippen LogP contribution is -2.48. The highest BCUT2D eigenvalue weighted by Gasteiger charge is 2.32. The topological polar surface area (TPSA) is 157 Å². The fraction of sp³-hybridized carbons (Fsp3) is 0.324. The highest BCUT2D eigenvalue weighted by molar-refractivity contribution is 7.32. The second-order valence-electron chi connectivity index (χ2n) is 11.5. The molecule has 3 amide bonds. The van der Waals surface area contributed by atoms with Crippen molar-refractivity contribution in [1.82, 2.24) is 15.7 Å². The van der Waals surface area contributed by atoms with Crippen LogP contribution in [0.4, 0.5) is 0 Å². The molecule has 3 N–H and O–H groups in total. The van der Waals surface area contributed by atoms with E-state index in [4.69, 9.17) is 18.5 Å². The van der Waals surface area contributed by atoms with Gasteiger partial charge in [-0.05, 0) is 48.2 Å². The quantitative estimate of drug-likeness (QED) is 0.0284. The molecule has 13 heteroatoms. The Hall–Kier alpha value is -4.90. The summed E-state index contributed by atoms with van der Waals surface area (Å²) in [5, 5.41) is 6.66. The zero-order chi connectivity index (χ0) is 35.7. The number of carbonyl (C=O) groups is 3. The lowest BCUT2D eigenvalue weighted by Gasteiger charge is -2.32. The van der Waals surface area contributed by atoms with E-state index in [2.05, 4.69) is 17.6 Å². The Morgan fingerprint density at radius 3 is 2.22 bits per heavy atom. The van der Waals surface area contributed by atoms with Crippen molar-refractivity contribution >= 4 is 26.5 Å². The molecular weight excluding hydrogens is 661 g/mol. The van der Waals surface area contributed by atoms with Crippen molar-refractivity contribution in [2.24, 2.45) is 5.92 Å². The number of hydrogen-bond acceptors (Lipinski definition) is 8. The zero-order valence-corrected chi connectivity index (χ0v) is 29.2. The molecule has 50 heavy (non-hydrogen) atoms. The predicted octanol–water partition coefficient (Wildman–Crippen LogP) is 6.66. The lowest BCUT2D eigenvalue weighted by molar-refractivity contribution is -0.200. The van der Waals surface area contributed by atoms with Crippen LogP contribution in [0.15, 0.2) is 95.4 Å². The van der Waals surface area contributed by atoms with Gasteiger partial charge in [0.05, 0.1) is 18.6 Å². The number of amides is 3. The average molecular weight is 706 g/mol. The molecule has 266 valence electrons. The van der Waals surface area contributed by atoms with E-state index in [0.29, 0.717) is 30.6 Å². The number of carbonyl (C=O) groups excluding carboxylic acids is 3. The third kappa shape index (κ3) is 11.6. The van der Waals surface area contributed by atoms with Crippen LogP contribution >= 0.6 is 8.25 Å². The molecule has 0 aliphatic rings. The molecule has 4 aromatic rings. The molecule has 1 heterocycles. The van der Waals surface area contributed by atoms with Gasteiger partial charge in [-0.1, -0.05) is 93.8 Å². The molecule has 0 radical (unpaired) electrons. The monoisotopic (exact) mass is 705 g/mol. The van der Waals surface area contributed by atoms with Crippen molar-refractivity contribution < 1.29 is 42.4 Å². The van der Waals surface area contributed by atoms with Crippen LogP contribution in [0.3, 0.4) is 0 Å². The Bertz CT molecular complexity index is 1680. The average Bonchev–Trinajstić information content (AvgIpc) is 3.63. The molecule has 3 aromatic carbocycles. The van der Waals surface area contributed by atoms with E-state index in [-0.39, 0.29) is 43.1 Å². The summed E-state index contributed by atoms with van der Waals surface area (Å²) < 4.78 is 28.2. The van der Waals surface area contributed by atoms with Crippen LogP contribution in [0.5, 0.6) is 11.5 Å². The van der Waals surface area contributed by atoms with Gasteiger partial charge in [0, 0.05) is 11.6 Å². The van der Waals surface area contributed by atoms with Crippen LogP contribution < -0.4 is 19.9 Å². The first-order chi connectivity index (χ1) is 24.3. The number of benzene rings is 3. The normalized spacial score (nSPS) is 12.7. The number of hydrogen-bond donors (Lipinski definition) is 3. The minimum Gasteiger partial charge on any atom is -0.489 e. The molecule has 0 saturated carbocycles. The number of hydroxylamine groups is 2. The highest BCUT2D eigenvalue weighted by atomic mass is 31.1. The summed E-state index contributed by atoms with van der Waals surface area (Å²) in [7, 11) is -3.30. The molecule has 1 aromatic heterocycles. The Balaban J connectivity index is 1.39. The molecule has 3 atom stereocenters.